The van der Waals surface area contributed by atoms with Crippen molar-refractivity contribution in [3.8, 4) is 0 Å². The summed E-state index contributed by atoms with van der Waals surface area (Å²) in [7, 11) is -3.36. The van der Waals surface area contributed by atoms with E-state index in [1.165, 1.54) is 0 Å². The quantitative estimate of drug-likeness (QED) is 0.785. The molecule has 1 atom stereocenters. The number of hydrogen-bond donors (Lipinski definition) is 1. The fraction of sp³-hybridized carbons (Fsp3) is 0.385. The number of amides is 1. The molecule has 7 nitrogen and oxygen atoms in total. The number of esters is 1. The molecule has 0 aromatic heterocycles. The second-order valence-electron chi connectivity index (χ2n) is 5.01. The Kier molecular flexibility index (Phi) is 4.66. The van der Waals surface area contributed by atoms with E-state index in [-0.39, 0.29) is 19.5 Å². The lowest BCUT2D eigenvalue weighted by molar-refractivity contribution is -0.121. The number of primary amides is 1. The van der Waals surface area contributed by atoms with Gasteiger partial charge in [0.05, 0.1) is 18.6 Å². The van der Waals surface area contributed by atoms with E-state index in [0.717, 1.165) is 11.4 Å². The maximum Gasteiger partial charge on any atom is 0.340 e. The predicted octanol–water partition coefficient (Wildman–Crippen LogP) is 0.247. The first-order valence-corrected chi connectivity index (χ1v) is 7.99. The van der Waals surface area contributed by atoms with Crippen LogP contribution in [0.2, 0.25) is 0 Å². The lowest BCUT2D eigenvalue weighted by Crippen LogP contribution is -2.32. The maximum atomic E-state index is 13.9. The van der Waals surface area contributed by atoms with Crippen LogP contribution in [0.25, 0.3) is 0 Å². The minimum absolute atomic E-state index is 0.0275. The van der Waals surface area contributed by atoms with Crippen LogP contribution in [-0.4, -0.2) is 44.8 Å². The normalized spacial score (nSPS) is 18.8. The highest BCUT2D eigenvalue weighted by molar-refractivity contribution is 7.89. The zero-order valence-electron chi connectivity index (χ0n) is 12.1. The number of nitrogens with two attached hydrogens (primary N) is 1. The van der Waals surface area contributed by atoms with Gasteiger partial charge in [-0.05, 0) is 12.5 Å². The van der Waals surface area contributed by atoms with Gasteiger partial charge in [0.2, 0.25) is 15.9 Å². The van der Waals surface area contributed by atoms with Gasteiger partial charge < -0.3 is 10.5 Å². The Morgan fingerprint density at radius 3 is 2.48 bits per heavy atom. The molecule has 2 N–H and O–H groups in total. The van der Waals surface area contributed by atoms with Crippen molar-refractivity contribution in [1.29, 1.82) is 0 Å². The highest BCUT2D eigenvalue weighted by Crippen LogP contribution is 2.27. The van der Waals surface area contributed by atoms with E-state index in [1.807, 2.05) is 0 Å². The molecule has 10 heteroatoms. The molecule has 0 spiro atoms. The Bertz CT molecular complexity index is 766. The van der Waals surface area contributed by atoms with Crippen molar-refractivity contribution < 1.29 is 31.5 Å². The Hall–Kier alpha value is -2.07. The smallest absolute Gasteiger partial charge is 0.340 e. The highest BCUT2D eigenvalue weighted by atomic mass is 32.2. The minimum Gasteiger partial charge on any atom is -0.465 e. The van der Waals surface area contributed by atoms with Crippen LogP contribution in [-0.2, 0) is 19.6 Å². The molecule has 0 unspecified atom stereocenters. The second-order valence-corrected chi connectivity index (χ2v) is 6.91. The van der Waals surface area contributed by atoms with Crippen molar-refractivity contribution in [3.05, 3.63) is 29.3 Å². The first kappa shape index (κ1) is 17.3. The van der Waals surface area contributed by atoms with E-state index in [4.69, 9.17) is 5.73 Å². The lowest BCUT2D eigenvalue weighted by Gasteiger charge is -2.17. The van der Waals surface area contributed by atoms with Crippen LogP contribution in [0.3, 0.4) is 0 Å². The summed E-state index contributed by atoms with van der Waals surface area (Å²) in [6, 6.07) is 0.893. The molecule has 1 aliphatic rings. The van der Waals surface area contributed by atoms with Gasteiger partial charge in [-0.1, -0.05) is 0 Å². The van der Waals surface area contributed by atoms with Crippen molar-refractivity contribution >= 4 is 21.9 Å². The number of benzene rings is 1. The molecule has 1 heterocycles. The fourth-order valence-corrected chi connectivity index (χ4v) is 3.88. The Balaban J connectivity index is 2.44. The van der Waals surface area contributed by atoms with Crippen molar-refractivity contribution in [2.24, 2.45) is 11.7 Å². The molecule has 0 aliphatic carbocycles. The van der Waals surface area contributed by atoms with Crippen molar-refractivity contribution in [2.75, 3.05) is 20.2 Å². The van der Waals surface area contributed by atoms with Gasteiger partial charge in [-0.25, -0.2) is 22.0 Å². The summed E-state index contributed by atoms with van der Waals surface area (Å²) < 4.78 is 57.6. The Morgan fingerprint density at radius 2 is 1.96 bits per heavy atom. The summed E-state index contributed by atoms with van der Waals surface area (Å²) >= 11 is 0. The predicted molar refractivity (Wildman–Crippen MR) is 73.8 cm³/mol. The number of halogens is 2. The van der Waals surface area contributed by atoms with Crippen LogP contribution in [0.1, 0.15) is 16.8 Å². The molecule has 2 rings (SSSR count). The Labute approximate surface area is 131 Å². The number of sulfonamides is 1. The average Bonchev–Trinajstić information content (AvgIpc) is 2.97. The van der Waals surface area contributed by atoms with Crippen LogP contribution in [0.4, 0.5) is 8.78 Å². The largest absolute Gasteiger partial charge is 0.465 e. The molecule has 1 fully saturated rings. The third kappa shape index (κ3) is 3.17. The summed E-state index contributed by atoms with van der Waals surface area (Å²) in [5.74, 6) is -5.02. The van der Waals surface area contributed by atoms with Gasteiger partial charge in [-0.15, -0.1) is 0 Å². The molecule has 1 amide bonds. The number of nitrogens with zero attached hydrogens (tertiary/aromatic N) is 1. The van der Waals surface area contributed by atoms with E-state index in [1.54, 1.807) is 0 Å². The van der Waals surface area contributed by atoms with Gasteiger partial charge in [0.15, 0.2) is 0 Å². The van der Waals surface area contributed by atoms with Crippen LogP contribution >= 0.6 is 0 Å². The zero-order chi connectivity index (χ0) is 17.4. The van der Waals surface area contributed by atoms with E-state index >= 15 is 0 Å². The van der Waals surface area contributed by atoms with Crippen LogP contribution < -0.4 is 5.73 Å². The number of carbonyl (C=O) groups is 2. The molecular weight excluding hydrogens is 334 g/mol. The zero-order valence-corrected chi connectivity index (χ0v) is 12.9. The third-order valence-electron chi connectivity index (χ3n) is 3.60. The highest BCUT2D eigenvalue weighted by Gasteiger charge is 2.37. The molecule has 0 saturated carbocycles. The fourth-order valence-electron chi connectivity index (χ4n) is 2.31. The first-order chi connectivity index (χ1) is 10.7. The SMILES string of the molecule is COC(=O)c1cc(S(=O)(=O)N2CC[C@H](C(N)=O)C2)c(F)cc1F. The maximum absolute atomic E-state index is 13.9. The van der Waals surface area contributed by atoms with E-state index in [0.29, 0.717) is 12.1 Å². The van der Waals surface area contributed by atoms with Gasteiger partial charge in [-0.2, -0.15) is 4.31 Å². The standard InChI is InChI=1S/C13H14F2N2O5S/c1-22-13(19)8-4-11(10(15)5-9(8)14)23(20,21)17-3-2-7(6-17)12(16)18/h4-5,7H,2-3,6H2,1H3,(H2,16,18)/t7-/m0/s1. The van der Waals surface area contributed by atoms with Gasteiger partial charge in [-0.3, -0.25) is 4.79 Å². The summed E-state index contributed by atoms with van der Waals surface area (Å²) in [4.78, 5) is 21.7. The van der Waals surface area contributed by atoms with Crippen LogP contribution in [0.15, 0.2) is 17.0 Å². The summed E-state index contributed by atoms with van der Waals surface area (Å²) in [5, 5.41) is 0. The third-order valence-corrected chi connectivity index (χ3v) is 5.48. The van der Waals surface area contributed by atoms with Crippen molar-refractivity contribution in [3.63, 3.8) is 0 Å². The van der Waals surface area contributed by atoms with Gasteiger partial charge in [0.25, 0.3) is 0 Å². The van der Waals surface area contributed by atoms with E-state index in [9.17, 15) is 26.8 Å². The minimum atomic E-state index is -4.34. The lowest BCUT2D eigenvalue weighted by atomic mass is 10.1. The van der Waals surface area contributed by atoms with Gasteiger partial charge in [0.1, 0.15) is 16.5 Å². The molecule has 1 saturated heterocycles. The summed E-state index contributed by atoms with van der Waals surface area (Å²) in [5.41, 5.74) is 4.43. The number of hydrogen-bond acceptors (Lipinski definition) is 5. The number of methoxy groups -OCH3 is 1. The van der Waals surface area contributed by atoms with Crippen molar-refractivity contribution in [1.82, 2.24) is 4.31 Å². The molecule has 1 aromatic rings. The van der Waals surface area contributed by atoms with E-state index in [2.05, 4.69) is 4.74 Å². The Morgan fingerprint density at radius 1 is 1.30 bits per heavy atom. The van der Waals surface area contributed by atoms with Crippen molar-refractivity contribution in [2.45, 2.75) is 11.3 Å². The molecule has 1 aromatic carbocycles. The number of carbonyl (C=O) groups excluding carboxylic acids is 2. The molecule has 0 bridgehead atoms. The molecule has 126 valence electrons. The molecule has 1 aliphatic heterocycles. The number of ether oxygens (including phenoxy) is 1. The van der Waals surface area contributed by atoms with Crippen LogP contribution in [0.5, 0.6) is 0 Å². The topological polar surface area (TPSA) is 107 Å². The summed E-state index contributed by atoms with van der Waals surface area (Å²) in [6.45, 7) is -0.220. The molecule has 23 heavy (non-hydrogen) atoms. The van der Waals surface area contributed by atoms with Crippen LogP contribution in [0, 0.1) is 17.6 Å². The van der Waals surface area contributed by atoms with Gasteiger partial charge >= 0.3 is 5.97 Å². The first-order valence-electron chi connectivity index (χ1n) is 6.55. The number of rotatable bonds is 4. The summed E-state index contributed by atoms with van der Waals surface area (Å²) in [6.07, 6.45) is 0.210. The molecular formula is C13H14F2N2O5S. The monoisotopic (exact) mass is 348 g/mol. The second kappa shape index (κ2) is 6.20. The van der Waals surface area contributed by atoms with Gasteiger partial charge in [0, 0.05) is 19.2 Å². The average molecular weight is 348 g/mol. The molecule has 0 radical (unpaired) electrons. The van der Waals surface area contributed by atoms with E-state index < -0.39 is 49.9 Å².